The van der Waals surface area contributed by atoms with Crippen LogP contribution in [0.15, 0.2) is 47.6 Å². The van der Waals surface area contributed by atoms with E-state index >= 15 is 0 Å². The van der Waals surface area contributed by atoms with Crippen LogP contribution >= 0.6 is 23.4 Å². The Morgan fingerprint density at radius 1 is 1.36 bits per heavy atom. The lowest BCUT2D eigenvalue weighted by Crippen LogP contribution is -2.15. The van der Waals surface area contributed by atoms with Gasteiger partial charge >= 0.3 is 0 Å². The van der Waals surface area contributed by atoms with Crippen molar-refractivity contribution in [1.82, 2.24) is 9.55 Å². The smallest absolute Gasteiger partial charge is 0.292 e. The Morgan fingerprint density at radius 3 is 2.88 bits per heavy atom. The van der Waals surface area contributed by atoms with E-state index in [1.165, 1.54) is 23.9 Å². The summed E-state index contributed by atoms with van der Waals surface area (Å²) in [4.78, 5) is 27.0. The highest BCUT2D eigenvalue weighted by Gasteiger charge is 2.16. The van der Waals surface area contributed by atoms with Crippen LogP contribution in [0.4, 0.5) is 11.4 Å². The van der Waals surface area contributed by atoms with Gasteiger partial charge in [0.25, 0.3) is 5.69 Å². The largest absolute Gasteiger partial charge is 0.322 e. The molecule has 1 amide bonds. The molecule has 7 nitrogen and oxygen atoms in total. The highest BCUT2D eigenvalue weighted by Crippen LogP contribution is 2.26. The predicted molar refractivity (Wildman–Crippen MR) is 98.2 cm³/mol. The number of imidazole rings is 1. The molecule has 0 unspecified atom stereocenters. The number of halogens is 1. The van der Waals surface area contributed by atoms with E-state index < -0.39 is 4.92 Å². The molecule has 1 N–H and O–H groups in total. The van der Waals surface area contributed by atoms with E-state index in [9.17, 15) is 14.9 Å². The molecule has 0 atom stereocenters. The Balaban J connectivity index is 1.71. The van der Waals surface area contributed by atoms with Gasteiger partial charge in [0.1, 0.15) is 5.69 Å². The molecule has 0 spiro atoms. The van der Waals surface area contributed by atoms with Crippen molar-refractivity contribution in [2.75, 3.05) is 11.1 Å². The number of amides is 1. The van der Waals surface area contributed by atoms with Gasteiger partial charge in [-0.1, -0.05) is 35.5 Å². The summed E-state index contributed by atoms with van der Waals surface area (Å²) in [5.41, 5.74) is 1.69. The molecule has 0 radical (unpaired) electrons. The minimum absolute atomic E-state index is 0.0803. The van der Waals surface area contributed by atoms with Crippen LogP contribution in [0.5, 0.6) is 0 Å². The number of carbonyl (C=O) groups is 1. The molecule has 3 rings (SSSR count). The summed E-state index contributed by atoms with van der Waals surface area (Å²) in [6, 6.07) is 11.4. The zero-order valence-electron chi connectivity index (χ0n) is 13.1. The van der Waals surface area contributed by atoms with Crippen LogP contribution < -0.4 is 5.32 Å². The number of nitro groups is 1. The normalized spacial score (nSPS) is 10.8. The lowest BCUT2D eigenvalue weighted by atomic mass is 10.2. The molecule has 2 aromatic carbocycles. The zero-order valence-corrected chi connectivity index (χ0v) is 14.7. The van der Waals surface area contributed by atoms with E-state index in [1.54, 1.807) is 24.3 Å². The number of aromatic nitrogens is 2. The average Bonchev–Trinajstić information content (AvgIpc) is 2.88. The molecule has 1 aromatic heterocycles. The summed E-state index contributed by atoms with van der Waals surface area (Å²) in [6.45, 7) is 0. The summed E-state index contributed by atoms with van der Waals surface area (Å²) >= 11 is 7.21. The fraction of sp³-hybridized carbons (Fsp3) is 0.125. The van der Waals surface area contributed by atoms with Crippen molar-refractivity contribution in [1.29, 1.82) is 0 Å². The van der Waals surface area contributed by atoms with E-state index in [1.807, 2.05) is 17.7 Å². The first-order valence-electron chi connectivity index (χ1n) is 7.24. The third kappa shape index (κ3) is 3.75. The average molecular weight is 377 g/mol. The van der Waals surface area contributed by atoms with Gasteiger partial charge in [0.2, 0.25) is 5.91 Å². The van der Waals surface area contributed by atoms with Crippen LogP contribution in [0.3, 0.4) is 0 Å². The standard InChI is InChI=1S/C16H13ClN4O3S/c1-20-13-7-6-10(17)8-12(13)19-16(20)25-9-15(22)18-11-4-2-3-5-14(11)21(23)24/h2-8H,9H2,1H3,(H,18,22). The maximum absolute atomic E-state index is 12.1. The molecule has 128 valence electrons. The van der Waals surface area contributed by atoms with Gasteiger partial charge in [-0.05, 0) is 24.3 Å². The number of thioether (sulfide) groups is 1. The first kappa shape index (κ1) is 17.2. The van der Waals surface area contributed by atoms with Crippen LogP contribution in [0.25, 0.3) is 11.0 Å². The predicted octanol–water partition coefficient (Wildman–Crippen LogP) is 3.87. The van der Waals surface area contributed by atoms with Crippen LogP contribution in [-0.2, 0) is 11.8 Å². The number of para-hydroxylation sites is 2. The number of nitrogens with one attached hydrogen (secondary N) is 1. The first-order chi connectivity index (χ1) is 12.0. The molecular formula is C16H13ClN4O3S. The third-order valence-electron chi connectivity index (χ3n) is 3.51. The highest BCUT2D eigenvalue weighted by molar-refractivity contribution is 7.99. The zero-order chi connectivity index (χ0) is 18.0. The number of anilines is 1. The topological polar surface area (TPSA) is 90.1 Å². The number of nitrogens with zero attached hydrogens (tertiary/aromatic N) is 3. The Morgan fingerprint density at radius 2 is 2.12 bits per heavy atom. The molecule has 0 bridgehead atoms. The molecule has 25 heavy (non-hydrogen) atoms. The van der Waals surface area contributed by atoms with E-state index in [0.717, 1.165) is 11.0 Å². The fourth-order valence-corrected chi connectivity index (χ4v) is 3.29. The second-order valence-corrected chi connectivity index (χ2v) is 6.58. The first-order valence-corrected chi connectivity index (χ1v) is 8.60. The monoisotopic (exact) mass is 376 g/mol. The van der Waals surface area contributed by atoms with Gasteiger partial charge in [-0.25, -0.2) is 4.98 Å². The van der Waals surface area contributed by atoms with Crippen molar-refractivity contribution in [3.8, 4) is 0 Å². The molecule has 0 saturated heterocycles. The van der Waals surface area contributed by atoms with Gasteiger partial charge in [-0.15, -0.1) is 0 Å². The van der Waals surface area contributed by atoms with Gasteiger partial charge in [0, 0.05) is 18.1 Å². The van der Waals surface area contributed by atoms with Crippen molar-refractivity contribution in [2.45, 2.75) is 5.16 Å². The van der Waals surface area contributed by atoms with Gasteiger partial charge in [0.15, 0.2) is 5.16 Å². The lowest BCUT2D eigenvalue weighted by Gasteiger charge is -2.06. The molecule has 3 aromatic rings. The van der Waals surface area contributed by atoms with Gasteiger partial charge in [0.05, 0.1) is 21.7 Å². The Kier molecular flexibility index (Phi) is 4.91. The second-order valence-electron chi connectivity index (χ2n) is 5.20. The van der Waals surface area contributed by atoms with Crippen LogP contribution in [-0.4, -0.2) is 26.1 Å². The quantitative estimate of drug-likeness (QED) is 0.414. The number of carbonyl (C=O) groups excluding carboxylic acids is 1. The number of rotatable bonds is 5. The molecule has 0 saturated carbocycles. The van der Waals surface area contributed by atoms with E-state index in [2.05, 4.69) is 10.3 Å². The SMILES string of the molecule is Cn1c(SCC(=O)Nc2ccccc2[N+](=O)[O-])nc2cc(Cl)ccc21. The molecule has 9 heteroatoms. The Labute approximate surface area is 152 Å². The van der Waals surface area contributed by atoms with E-state index in [4.69, 9.17) is 11.6 Å². The van der Waals surface area contributed by atoms with Crippen molar-refractivity contribution in [3.05, 3.63) is 57.6 Å². The molecule has 0 fully saturated rings. The van der Waals surface area contributed by atoms with E-state index in [-0.39, 0.29) is 23.0 Å². The second kappa shape index (κ2) is 7.12. The minimum Gasteiger partial charge on any atom is -0.322 e. The molecule has 1 heterocycles. The van der Waals surface area contributed by atoms with Crippen LogP contribution in [0, 0.1) is 10.1 Å². The van der Waals surface area contributed by atoms with Crippen molar-refractivity contribution in [3.63, 3.8) is 0 Å². The fourth-order valence-electron chi connectivity index (χ4n) is 2.33. The van der Waals surface area contributed by atoms with Crippen LogP contribution in [0.1, 0.15) is 0 Å². The third-order valence-corrected chi connectivity index (χ3v) is 4.77. The van der Waals surface area contributed by atoms with Crippen molar-refractivity contribution < 1.29 is 9.72 Å². The number of aryl methyl sites for hydroxylation is 1. The maximum atomic E-state index is 12.1. The minimum atomic E-state index is -0.530. The number of fused-ring (bicyclic) bond motifs is 1. The van der Waals surface area contributed by atoms with Crippen molar-refractivity contribution in [2.24, 2.45) is 7.05 Å². The lowest BCUT2D eigenvalue weighted by molar-refractivity contribution is -0.383. The number of hydrogen-bond acceptors (Lipinski definition) is 5. The molecule has 0 aliphatic carbocycles. The Hall–Kier alpha value is -2.58. The van der Waals surface area contributed by atoms with Crippen molar-refractivity contribution >= 4 is 51.7 Å². The van der Waals surface area contributed by atoms with E-state index in [0.29, 0.717) is 10.2 Å². The summed E-state index contributed by atoms with van der Waals surface area (Å²) in [7, 11) is 1.85. The van der Waals surface area contributed by atoms with Crippen LogP contribution in [0.2, 0.25) is 5.02 Å². The molecule has 0 aliphatic rings. The number of benzene rings is 2. The number of hydrogen-bond donors (Lipinski definition) is 1. The summed E-state index contributed by atoms with van der Waals surface area (Å²) in [5.74, 6) is -0.263. The molecule has 0 aliphatic heterocycles. The Bertz CT molecular complexity index is 973. The highest BCUT2D eigenvalue weighted by atomic mass is 35.5. The molecular weight excluding hydrogens is 364 g/mol. The summed E-state index contributed by atoms with van der Waals surface area (Å²) < 4.78 is 1.87. The maximum Gasteiger partial charge on any atom is 0.292 e. The summed E-state index contributed by atoms with van der Waals surface area (Å²) in [5, 5.41) is 14.8. The van der Waals surface area contributed by atoms with Gasteiger partial charge in [-0.3, -0.25) is 14.9 Å². The number of nitro benzene ring substituents is 1. The van der Waals surface area contributed by atoms with Gasteiger partial charge < -0.3 is 9.88 Å². The van der Waals surface area contributed by atoms with Gasteiger partial charge in [-0.2, -0.15) is 0 Å². The summed E-state index contributed by atoms with van der Waals surface area (Å²) in [6.07, 6.45) is 0.